The van der Waals surface area contributed by atoms with E-state index in [1.54, 1.807) is 17.0 Å². The van der Waals surface area contributed by atoms with Crippen LogP contribution in [-0.4, -0.2) is 45.7 Å². The highest BCUT2D eigenvalue weighted by atomic mass is 19.4. The van der Waals surface area contributed by atoms with Gasteiger partial charge in [-0.2, -0.15) is 13.2 Å². The van der Waals surface area contributed by atoms with Crippen LogP contribution in [0.25, 0.3) is 0 Å². The summed E-state index contributed by atoms with van der Waals surface area (Å²) in [5, 5.41) is 12.7. The van der Waals surface area contributed by atoms with Crippen LogP contribution in [0.1, 0.15) is 41.9 Å². The summed E-state index contributed by atoms with van der Waals surface area (Å²) in [5.74, 6) is -1.09. The summed E-state index contributed by atoms with van der Waals surface area (Å²) in [7, 11) is 1.35. The van der Waals surface area contributed by atoms with Gasteiger partial charge >= 0.3 is 6.18 Å². The number of carbonyl (C=O) groups excluding carboxylic acids is 2. The highest BCUT2D eigenvalue weighted by Crippen LogP contribution is 2.40. The zero-order valence-electron chi connectivity index (χ0n) is 16.4. The Morgan fingerprint density at radius 2 is 1.93 bits per heavy atom. The summed E-state index contributed by atoms with van der Waals surface area (Å²) in [6.45, 7) is 0.210. The number of rotatable bonds is 6. The van der Waals surface area contributed by atoms with Crippen molar-refractivity contribution in [2.45, 2.75) is 37.5 Å². The Hall–Kier alpha value is -2.88. The van der Waals surface area contributed by atoms with Gasteiger partial charge in [-0.25, -0.2) is 4.98 Å². The topological polar surface area (TPSA) is 87.5 Å². The SMILES string of the molecule is Cn1ccnc1C(O)(CCNC(=O)c1ccc(N2CCCCC2=O)cc1)C(F)(F)F. The smallest absolute Gasteiger partial charge is 0.374 e. The molecule has 10 heteroatoms. The van der Waals surface area contributed by atoms with Crippen LogP contribution >= 0.6 is 0 Å². The molecule has 2 aromatic rings. The Kier molecular flexibility index (Phi) is 6.16. The Labute approximate surface area is 171 Å². The van der Waals surface area contributed by atoms with Gasteiger partial charge in [0.25, 0.3) is 5.91 Å². The second-order valence-corrected chi connectivity index (χ2v) is 7.28. The molecule has 1 aromatic carbocycles. The fraction of sp³-hybridized carbons (Fsp3) is 0.450. The molecule has 7 nitrogen and oxygen atoms in total. The number of imidazole rings is 1. The molecule has 1 unspecified atom stereocenters. The number of nitrogens with one attached hydrogen (secondary N) is 1. The number of aryl methyl sites for hydroxylation is 1. The summed E-state index contributed by atoms with van der Waals surface area (Å²) in [5.41, 5.74) is -2.26. The molecule has 30 heavy (non-hydrogen) atoms. The molecular weight excluding hydrogens is 401 g/mol. The maximum atomic E-state index is 13.5. The van der Waals surface area contributed by atoms with Gasteiger partial charge in [0, 0.05) is 56.6 Å². The van der Waals surface area contributed by atoms with Crippen molar-refractivity contribution in [1.29, 1.82) is 0 Å². The minimum atomic E-state index is -4.96. The number of halogens is 3. The number of benzene rings is 1. The van der Waals surface area contributed by atoms with Crippen molar-refractivity contribution in [2.75, 3.05) is 18.0 Å². The van der Waals surface area contributed by atoms with Crippen molar-refractivity contribution in [3.05, 3.63) is 48.0 Å². The Bertz CT molecular complexity index is 911. The highest BCUT2D eigenvalue weighted by Gasteiger charge is 2.57. The van der Waals surface area contributed by atoms with E-state index in [4.69, 9.17) is 0 Å². The number of hydrogen-bond donors (Lipinski definition) is 2. The molecule has 1 saturated heterocycles. The van der Waals surface area contributed by atoms with Gasteiger partial charge in [-0.15, -0.1) is 0 Å². The summed E-state index contributed by atoms with van der Waals surface area (Å²) in [6, 6.07) is 6.30. The fourth-order valence-electron chi connectivity index (χ4n) is 3.48. The van der Waals surface area contributed by atoms with Gasteiger partial charge in [0.05, 0.1) is 0 Å². The molecular formula is C20H23F3N4O3. The van der Waals surface area contributed by atoms with E-state index in [1.807, 2.05) is 0 Å². The lowest BCUT2D eigenvalue weighted by Gasteiger charge is -2.30. The largest absolute Gasteiger partial charge is 0.424 e. The molecule has 1 aliphatic heterocycles. The number of aromatic nitrogens is 2. The first-order chi connectivity index (χ1) is 14.1. The van der Waals surface area contributed by atoms with Crippen LogP contribution in [0.3, 0.4) is 0 Å². The molecule has 2 N–H and O–H groups in total. The van der Waals surface area contributed by atoms with Gasteiger partial charge in [0.15, 0.2) is 0 Å². The number of nitrogens with zero attached hydrogens (tertiary/aromatic N) is 3. The summed E-state index contributed by atoms with van der Waals surface area (Å²) in [6.07, 6.45) is -1.02. The second-order valence-electron chi connectivity index (χ2n) is 7.28. The molecule has 0 spiro atoms. The maximum absolute atomic E-state index is 13.5. The van der Waals surface area contributed by atoms with E-state index in [1.165, 1.54) is 31.6 Å². The third kappa shape index (κ3) is 4.33. The van der Waals surface area contributed by atoms with E-state index < -0.39 is 36.5 Å². The first kappa shape index (κ1) is 21.8. The standard InChI is InChI=1S/C20H23F3N4O3/c1-26-13-11-25-18(26)19(30,20(21,22)23)9-10-24-17(29)14-5-7-15(8-6-14)27-12-3-2-4-16(27)28/h5-8,11,13,30H,2-4,9-10,12H2,1H3,(H,24,29). The van der Waals surface area contributed by atoms with Crippen LogP contribution in [0.5, 0.6) is 0 Å². The second kappa shape index (κ2) is 8.47. The number of aliphatic hydroxyl groups is 1. The molecule has 0 radical (unpaired) electrons. The van der Waals surface area contributed by atoms with Gasteiger partial charge in [0.1, 0.15) is 5.82 Å². The molecule has 2 heterocycles. The molecule has 1 atom stereocenters. The average molecular weight is 424 g/mol. The highest BCUT2D eigenvalue weighted by molar-refractivity contribution is 5.96. The Morgan fingerprint density at radius 3 is 2.50 bits per heavy atom. The van der Waals surface area contributed by atoms with Crippen molar-refractivity contribution >= 4 is 17.5 Å². The number of piperidine rings is 1. The maximum Gasteiger partial charge on any atom is 0.424 e. The van der Waals surface area contributed by atoms with Gasteiger partial charge in [-0.05, 0) is 37.1 Å². The molecule has 162 valence electrons. The third-order valence-electron chi connectivity index (χ3n) is 5.20. The number of carbonyl (C=O) groups is 2. The quantitative estimate of drug-likeness (QED) is 0.746. The van der Waals surface area contributed by atoms with E-state index >= 15 is 0 Å². The van der Waals surface area contributed by atoms with Crippen LogP contribution in [0.15, 0.2) is 36.7 Å². The van der Waals surface area contributed by atoms with Crippen LogP contribution in [0.4, 0.5) is 18.9 Å². The lowest BCUT2D eigenvalue weighted by atomic mass is 9.97. The van der Waals surface area contributed by atoms with E-state index in [0.717, 1.165) is 17.4 Å². The van der Waals surface area contributed by atoms with E-state index in [0.29, 0.717) is 18.7 Å². The summed E-state index contributed by atoms with van der Waals surface area (Å²) in [4.78, 5) is 29.6. The lowest BCUT2D eigenvalue weighted by Crippen LogP contribution is -2.46. The minimum Gasteiger partial charge on any atom is -0.374 e. The van der Waals surface area contributed by atoms with Crippen molar-refractivity contribution < 1.29 is 27.9 Å². The predicted octanol–water partition coefficient (Wildman–Crippen LogP) is 2.51. The minimum absolute atomic E-state index is 0.0270. The van der Waals surface area contributed by atoms with Crippen molar-refractivity contribution in [3.8, 4) is 0 Å². The van der Waals surface area contributed by atoms with Crippen LogP contribution in [0.2, 0.25) is 0 Å². The third-order valence-corrected chi connectivity index (χ3v) is 5.20. The van der Waals surface area contributed by atoms with E-state index in [9.17, 15) is 27.9 Å². The van der Waals surface area contributed by atoms with Gasteiger partial charge < -0.3 is 19.9 Å². The van der Waals surface area contributed by atoms with Gasteiger partial charge in [0.2, 0.25) is 11.5 Å². The average Bonchev–Trinajstić information content (AvgIpc) is 3.14. The lowest BCUT2D eigenvalue weighted by molar-refractivity contribution is -0.272. The normalized spacial score (nSPS) is 17.0. The summed E-state index contributed by atoms with van der Waals surface area (Å²) >= 11 is 0. The molecule has 1 aliphatic rings. The zero-order valence-corrected chi connectivity index (χ0v) is 16.4. The monoisotopic (exact) mass is 424 g/mol. The molecule has 1 fully saturated rings. The van der Waals surface area contributed by atoms with Crippen molar-refractivity contribution in [2.24, 2.45) is 7.05 Å². The van der Waals surface area contributed by atoms with Crippen molar-refractivity contribution in [1.82, 2.24) is 14.9 Å². The number of amides is 2. The molecule has 3 rings (SSSR count). The molecule has 0 saturated carbocycles. The Morgan fingerprint density at radius 1 is 1.23 bits per heavy atom. The number of alkyl halides is 3. The first-order valence-corrected chi connectivity index (χ1v) is 9.59. The zero-order chi connectivity index (χ0) is 21.9. The predicted molar refractivity (Wildman–Crippen MR) is 103 cm³/mol. The van der Waals surface area contributed by atoms with Crippen LogP contribution in [0, 0.1) is 0 Å². The van der Waals surface area contributed by atoms with E-state index in [-0.39, 0.29) is 11.5 Å². The summed E-state index contributed by atoms with van der Waals surface area (Å²) < 4.78 is 41.6. The van der Waals surface area contributed by atoms with Crippen LogP contribution < -0.4 is 10.2 Å². The van der Waals surface area contributed by atoms with Crippen molar-refractivity contribution in [3.63, 3.8) is 0 Å². The number of hydrogen-bond acceptors (Lipinski definition) is 4. The van der Waals surface area contributed by atoms with Crippen LogP contribution in [-0.2, 0) is 17.4 Å². The first-order valence-electron chi connectivity index (χ1n) is 9.59. The number of anilines is 1. The van der Waals surface area contributed by atoms with Gasteiger partial charge in [-0.3, -0.25) is 9.59 Å². The molecule has 2 amide bonds. The molecule has 0 aliphatic carbocycles. The Balaban J connectivity index is 1.63. The van der Waals surface area contributed by atoms with Gasteiger partial charge in [-0.1, -0.05) is 0 Å². The van der Waals surface area contributed by atoms with E-state index in [2.05, 4.69) is 10.3 Å². The molecule has 1 aromatic heterocycles. The molecule has 0 bridgehead atoms. The fourth-order valence-corrected chi connectivity index (χ4v) is 3.48.